The molecule has 5 heteroatoms. The van der Waals surface area contributed by atoms with Crippen LogP contribution in [0.15, 0.2) is 24.3 Å². The van der Waals surface area contributed by atoms with Gasteiger partial charge in [0.05, 0.1) is 6.61 Å². The van der Waals surface area contributed by atoms with Crippen molar-refractivity contribution in [3.63, 3.8) is 0 Å². The summed E-state index contributed by atoms with van der Waals surface area (Å²) in [6.45, 7) is 2.04. The molecule has 0 amide bonds. The predicted molar refractivity (Wildman–Crippen MR) is 62.0 cm³/mol. The summed E-state index contributed by atoms with van der Waals surface area (Å²) >= 11 is 0. The molecule has 3 nitrogen and oxygen atoms in total. The van der Waals surface area contributed by atoms with Gasteiger partial charge >= 0.3 is 5.97 Å². The number of carbonyl (C=O) groups excluding carboxylic acids is 1. The van der Waals surface area contributed by atoms with E-state index in [9.17, 15) is 9.18 Å². The monoisotopic (exact) mass is 247 g/mol. The quantitative estimate of drug-likeness (QED) is 0.824. The Bertz CT molecular complexity index is 329. The van der Waals surface area contributed by atoms with Crippen LogP contribution < -0.4 is 5.73 Å². The standard InChI is InChI=1S/C11H14FNO2.ClH/c1-2-15-11(14)10(13)7-8-3-5-9(12)6-4-8;/h3-6,10H,2,7,13H2,1H3;1H/t10-;/m1./s1. The molecule has 0 radical (unpaired) electrons. The fourth-order valence-corrected chi connectivity index (χ4v) is 1.21. The first kappa shape index (κ1) is 14.9. The van der Waals surface area contributed by atoms with Crippen molar-refractivity contribution in [1.82, 2.24) is 0 Å². The van der Waals surface area contributed by atoms with E-state index >= 15 is 0 Å². The lowest BCUT2D eigenvalue weighted by Crippen LogP contribution is -2.34. The highest BCUT2D eigenvalue weighted by Crippen LogP contribution is 2.05. The first-order chi connectivity index (χ1) is 7.13. The van der Waals surface area contributed by atoms with E-state index in [0.29, 0.717) is 13.0 Å². The molecule has 1 rings (SSSR count). The second kappa shape index (κ2) is 7.19. The van der Waals surface area contributed by atoms with E-state index in [1.165, 1.54) is 12.1 Å². The van der Waals surface area contributed by atoms with Gasteiger partial charge in [-0.25, -0.2) is 4.39 Å². The minimum atomic E-state index is -0.685. The first-order valence-corrected chi connectivity index (χ1v) is 4.80. The second-order valence-corrected chi connectivity index (χ2v) is 3.19. The Balaban J connectivity index is 0.00000225. The Hall–Kier alpha value is -1.13. The number of hydrogen-bond donors (Lipinski definition) is 1. The van der Waals surface area contributed by atoms with Crippen molar-refractivity contribution in [3.05, 3.63) is 35.6 Å². The van der Waals surface area contributed by atoms with E-state index in [2.05, 4.69) is 0 Å². The van der Waals surface area contributed by atoms with Crippen LogP contribution in [0.4, 0.5) is 4.39 Å². The SMILES string of the molecule is CCOC(=O)[C@H](N)Cc1ccc(F)cc1.Cl. The maximum absolute atomic E-state index is 12.6. The van der Waals surface area contributed by atoms with Gasteiger partial charge in [-0.3, -0.25) is 4.79 Å². The molecule has 0 heterocycles. The molecular formula is C11H15ClFNO2. The first-order valence-electron chi connectivity index (χ1n) is 4.80. The molecule has 0 aliphatic rings. The van der Waals surface area contributed by atoms with Gasteiger partial charge in [0.2, 0.25) is 0 Å². The topological polar surface area (TPSA) is 52.3 Å². The zero-order chi connectivity index (χ0) is 11.3. The molecule has 2 N–H and O–H groups in total. The molecule has 0 saturated heterocycles. The zero-order valence-electron chi connectivity index (χ0n) is 8.98. The number of ether oxygens (including phenoxy) is 1. The predicted octanol–water partition coefficient (Wildman–Crippen LogP) is 1.68. The van der Waals surface area contributed by atoms with E-state index in [1.54, 1.807) is 19.1 Å². The summed E-state index contributed by atoms with van der Waals surface area (Å²) in [4.78, 5) is 11.2. The number of halogens is 2. The zero-order valence-corrected chi connectivity index (χ0v) is 9.80. The van der Waals surface area contributed by atoms with Gasteiger partial charge in [0.25, 0.3) is 0 Å². The maximum atomic E-state index is 12.6. The number of rotatable bonds is 4. The fraction of sp³-hybridized carbons (Fsp3) is 0.364. The van der Waals surface area contributed by atoms with Crippen LogP contribution >= 0.6 is 12.4 Å². The highest BCUT2D eigenvalue weighted by molar-refractivity contribution is 5.85. The molecule has 0 spiro atoms. The lowest BCUT2D eigenvalue weighted by atomic mass is 10.1. The minimum Gasteiger partial charge on any atom is -0.465 e. The summed E-state index contributed by atoms with van der Waals surface area (Å²) < 4.78 is 17.3. The van der Waals surface area contributed by atoms with Gasteiger partial charge in [-0.1, -0.05) is 12.1 Å². The Morgan fingerprint density at radius 2 is 2.00 bits per heavy atom. The van der Waals surface area contributed by atoms with Crippen molar-refractivity contribution < 1.29 is 13.9 Å². The van der Waals surface area contributed by atoms with Crippen molar-refractivity contribution in [3.8, 4) is 0 Å². The Morgan fingerprint density at radius 3 is 2.50 bits per heavy atom. The van der Waals surface area contributed by atoms with E-state index in [4.69, 9.17) is 10.5 Å². The number of carbonyl (C=O) groups is 1. The van der Waals surface area contributed by atoms with Crippen LogP contribution in [0.5, 0.6) is 0 Å². The van der Waals surface area contributed by atoms with Crippen molar-refractivity contribution in [2.45, 2.75) is 19.4 Å². The molecule has 0 aromatic heterocycles. The summed E-state index contributed by atoms with van der Waals surface area (Å²) in [7, 11) is 0. The summed E-state index contributed by atoms with van der Waals surface area (Å²) in [5.41, 5.74) is 6.42. The highest BCUT2D eigenvalue weighted by Gasteiger charge is 2.14. The molecule has 1 aromatic rings. The van der Waals surface area contributed by atoms with Crippen LogP contribution in [0.2, 0.25) is 0 Å². The normalized spacial score (nSPS) is 11.4. The van der Waals surface area contributed by atoms with Crippen LogP contribution in [-0.2, 0) is 16.0 Å². The molecule has 0 bridgehead atoms. The van der Waals surface area contributed by atoms with Crippen LogP contribution in [0.25, 0.3) is 0 Å². The molecule has 0 aliphatic heterocycles. The molecule has 16 heavy (non-hydrogen) atoms. The van der Waals surface area contributed by atoms with Gasteiger partial charge < -0.3 is 10.5 Å². The van der Waals surface area contributed by atoms with Gasteiger partial charge in [-0.2, -0.15) is 0 Å². The fourth-order valence-electron chi connectivity index (χ4n) is 1.21. The number of esters is 1. The summed E-state index contributed by atoms with van der Waals surface area (Å²) in [5.74, 6) is -0.731. The van der Waals surface area contributed by atoms with Crippen molar-refractivity contribution in [2.24, 2.45) is 5.73 Å². The highest BCUT2D eigenvalue weighted by atomic mass is 35.5. The third kappa shape index (κ3) is 4.59. The van der Waals surface area contributed by atoms with Gasteiger partial charge in [-0.05, 0) is 31.0 Å². The molecule has 0 fully saturated rings. The average Bonchev–Trinajstić information content (AvgIpc) is 2.22. The van der Waals surface area contributed by atoms with E-state index in [1.807, 2.05) is 0 Å². The third-order valence-corrected chi connectivity index (χ3v) is 1.96. The van der Waals surface area contributed by atoms with Crippen LogP contribution in [0.3, 0.4) is 0 Å². The number of benzene rings is 1. The molecule has 90 valence electrons. The molecule has 1 atom stereocenters. The van der Waals surface area contributed by atoms with Gasteiger partial charge in [0, 0.05) is 0 Å². The summed E-state index contributed by atoms with van der Waals surface area (Å²) in [5, 5.41) is 0. The van der Waals surface area contributed by atoms with Crippen molar-refractivity contribution in [1.29, 1.82) is 0 Å². The van der Waals surface area contributed by atoms with E-state index in [-0.39, 0.29) is 18.2 Å². The van der Waals surface area contributed by atoms with Crippen molar-refractivity contribution >= 4 is 18.4 Å². The molecular weight excluding hydrogens is 233 g/mol. The summed E-state index contributed by atoms with van der Waals surface area (Å²) in [6.07, 6.45) is 0.360. The second-order valence-electron chi connectivity index (χ2n) is 3.19. The molecule has 0 aliphatic carbocycles. The van der Waals surface area contributed by atoms with E-state index < -0.39 is 12.0 Å². The number of hydrogen-bond acceptors (Lipinski definition) is 3. The smallest absolute Gasteiger partial charge is 0.323 e. The number of nitrogens with two attached hydrogens (primary N) is 1. The average molecular weight is 248 g/mol. The molecule has 0 saturated carbocycles. The summed E-state index contributed by atoms with van der Waals surface area (Å²) in [6, 6.07) is 5.21. The van der Waals surface area contributed by atoms with Gasteiger partial charge in [0.15, 0.2) is 0 Å². The van der Waals surface area contributed by atoms with Gasteiger partial charge in [0.1, 0.15) is 11.9 Å². The van der Waals surface area contributed by atoms with E-state index in [0.717, 1.165) is 5.56 Å². The van der Waals surface area contributed by atoms with Crippen molar-refractivity contribution in [2.75, 3.05) is 6.61 Å². The van der Waals surface area contributed by atoms with Crippen LogP contribution in [0.1, 0.15) is 12.5 Å². The Morgan fingerprint density at radius 1 is 1.44 bits per heavy atom. The minimum absolute atomic E-state index is 0. The molecule has 0 unspecified atom stereocenters. The Labute approximate surface area is 100 Å². The van der Waals surface area contributed by atoms with Gasteiger partial charge in [-0.15, -0.1) is 12.4 Å². The third-order valence-electron chi connectivity index (χ3n) is 1.96. The maximum Gasteiger partial charge on any atom is 0.323 e. The molecule has 1 aromatic carbocycles. The lowest BCUT2D eigenvalue weighted by Gasteiger charge is -2.10. The van der Waals surface area contributed by atoms with Crippen LogP contribution in [0, 0.1) is 5.82 Å². The Kier molecular flexibility index (Phi) is 6.69. The largest absolute Gasteiger partial charge is 0.465 e. The lowest BCUT2D eigenvalue weighted by molar-refractivity contribution is -0.144. The van der Waals surface area contributed by atoms with Crippen LogP contribution in [-0.4, -0.2) is 18.6 Å².